The van der Waals surface area contributed by atoms with Crippen LogP contribution in [0.1, 0.15) is 28.6 Å². The van der Waals surface area contributed by atoms with Crippen molar-refractivity contribution in [1.29, 1.82) is 0 Å². The molecule has 0 aromatic carbocycles. The molecule has 0 unspecified atom stereocenters. The van der Waals surface area contributed by atoms with E-state index in [1.807, 2.05) is 5.32 Å². The number of aromatic nitrogens is 3. The molecule has 0 saturated heterocycles. The number of rotatable bonds is 4. The molecule has 0 saturated carbocycles. The first kappa shape index (κ1) is 17.8. The smallest absolute Gasteiger partial charge is 0.334 e. The van der Waals surface area contributed by atoms with Crippen LogP contribution in [0.25, 0.3) is 0 Å². The van der Waals surface area contributed by atoms with Gasteiger partial charge < -0.3 is 10.6 Å². The summed E-state index contributed by atoms with van der Waals surface area (Å²) in [4.78, 5) is 15.8. The maximum atomic E-state index is 13.4. The summed E-state index contributed by atoms with van der Waals surface area (Å²) in [6.07, 6.45) is -1.54. The number of carbonyl (C=O) groups excluding carboxylic acids is 1. The Morgan fingerprint density at radius 3 is 2.58 bits per heavy atom. The molecule has 2 rings (SSSR count). The van der Waals surface area contributed by atoms with E-state index in [2.05, 4.69) is 15.4 Å². The third-order valence-electron chi connectivity index (χ3n) is 3.63. The largest absolute Gasteiger partial charge is 0.413 e. The Balaban J connectivity index is 2.13. The fraction of sp³-hybridized carbons (Fsp3) is 0.400. The van der Waals surface area contributed by atoms with Crippen molar-refractivity contribution >= 4 is 6.03 Å². The maximum absolute atomic E-state index is 13.4. The van der Waals surface area contributed by atoms with Gasteiger partial charge in [-0.2, -0.15) is 18.3 Å². The van der Waals surface area contributed by atoms with Crippen LogP contribution < -0.4 is 10.6 Å². The van der Waals surface area contributed by atoms with Crippen molar-refractivity contribution < 1.29 is 18.0 Å². The fourth-order valence-corrected chi connectivity index (χ4v) is 2.39. The lowest BCUT2D eigenvalue weighted by molar-refractivity contribution is -0.155. The molecule has 2 aromatic rings. The van der Waals surface area contributed by atoms with Crippen LogP contribution in [0.4, 0.5) is 18.0 Å². The van der Waals surface area contributed by atoms with E-state index in [9.17, 15) is 18.0 Å². The lowest BCUT2D eigenvalue weighted by atomic mass is 10.0. The Hall–Kier alpha value is -2.58. The number of nitrogens with zero attached hydrogens (tertiary/aromatic N) is 3. The zero-order valence-corrected chi connectivity index (χ0v) is 13.5. The monoisotopic (exact) mass is 341 g/mol. The average molecular weight is 341 g/mol. The van der Waals surface area contributed by atoms with Gasteiger partial charge in [-0.05, 0) is 25.5 Å². The molecule has 2 N–H and O–H groups in total. The van der Waals surface area contributed by atoms with Crippen LogP contribution in [-0.2, 0) is 13.6 Å². The first-order valence-corrected chi connectivity index (χ1v) is 7.20. The van der Waals surface area contributed by atoms with Crippen molar-refractivity contribution in [1.82, 2.24) is 25.4 Å². The summed E-state index contributed by atoms with van der Waals surface area (Å²) in [7, 11) is 1.56. The van der Waals surface area contributed by atoms with Crippen LogP contribution in [-0.4, -0.2) is 27.0 Å². The van der Waals surface area contributed by atoms with Crippen molar-refractivity contribution in [3.05, 3.63) is 47.0 Å². The van der Waals surface area contributed by atoms with Crippen molar-refractivity contribution in [2.24, 2.45) is 7.05 Å². The second-order valence-corrected chi connectivity index (χ2v) is 5.37. The number of nitrogens with one attached hydrogen (secondary N) is 2. The highest BCUT2D eigenvalue weighted by atomic mass is 19.4. The summed E-state index contributed by atoms with van der Waals surface area (Å²) in [6.45, 7) is 3.09. The van der Waals surface area contributed by atoms with Crippen LogP contribution in [0, 0.1) is 13.8 Å². The summed E-state index contributed by atoms with van der Waals surface area (Å²) in [5.41, 5.74) is 1.22. The summed E-state index contributed by atoms with van der Waals surface area (Å²) in [6, 6.07) is 0.351. The molecule has 9 heteroatoms. The van der Waals surface area contributed by atoms with Gasteiger partial charge in [0.2, 0.25) is 0 Å². The Morgan fingerprint density at radius 1 is 1.38 bits per heavy atom. The molecule has 0 fully saturated rings. The minimum Gasteiger partial charge on any atom is -0.334 e. The number of alkyl halides is 3. The van der Waals surface area contributed by atoms with Gasteiger partial charge in [-0.25, -0.2) is 4.79 Å². The van der Waals surface area contributed by atoms with Crippen molar-refractivity contribution in [3.63, 3.8) is 0 Å². The molecule has 130 valence electrons. The van der Waals surface area contributed by atoms with E-state index >= 15 is 0 Å². The van der Waals surface area contributed by atoms with Gasteiger partial charge in [0.25, 0.3) is 0 Å². The van der Waals surface area contributed by atoms with Gasteiger partial charge in [-0.3, -0.25) is 9.67 Å². The third kappa shape index (κ3) is 4.03. The van der Waals surface area contributed by atoms with Crippen molar-refractivity contribution in [2.45, 2.75) is 32.6 Å². The van der Waals surface area contributed by atoms with E-state index in [1.165, 1.54) is 24.7 Å². The van der Waals surface area contributed by atoms with Crippen LogP contribution >= 0.6 is 0 Å². The fourth-order valence-electron chi connectivity index (χ4n) is 2.39. The van der Waals surface area contributed by atoms with Gasteiger partial charge >= 0.3 is 12.2 Å². The first-order chi connectivity index (χ1) is 11.2. The Kier molecular flexibility index (Phi) is 5.10. The molecule has 0 radical (unpaired) electrons. The molecule has 2 amide bonds. The van der Waals surface area contributed by atoms with Gasteiger partial charge in [0.15, 0.2) is 6.04 Å². The number of halogens is 3. The first-order valence-electron chi connectivity index (χ1n) is 7.20. The minimum atomic E-state index is -4.63. The lowest BCUT2D eigenvalue weighted by Gasteiger charge is -2.22. The quantitative estimate of drug-likeness (QED) is 0.898. The number of carbonyl (C=O) groups is 1. The maximum Gasteiger partial charge on any atom is 0.413 e. The average Bonchev–Trinajstić information content (AvgIpc) is 2.76. The number of urea groups is 1. The predicted molar refractivity (Wildman–Crippen MR) is 81.1 cm³/mol. The second-order valence-electron chi connectivity index (χ2n) is 5.37. The number of hydrogen-bond acceptors (Lipinski definition) is 3. The van der Waals surface area contributed by atoms with Gasteiger partial charge in [-0.1, -0.05) is 6.07 Å². The van der Waals surface area contributed by atoms with E-state index in [4.69, 9.17) is 0 Å². The van der Waals surface area contributed by atoms with E-state index in [0.29, 0.717) is 11.3 Å². The summed E-state index contributed by atoms with van der Waals surface area (Å²) < 4.78 is 41.6. The van der Waals surface area contributed by atoms with E-state index in [0.717, 1.165) is 0 Å². The molecule has 1 atom stereocenters. The molecule has 0 bridgehead atoms. The number of pyridine rings is 1. The molecular formula is C15H18F3N5O. The molecule has 0 aliphatic heterocycles. The summed E-state index contributed by atoms with van der Waals surface area (Å²) >= 11 is 0. The SMILES string of the molecule is Cc1nn(C)c(C)c1[C@@H](NC(=O)NCc1cccnc1)C(F)(F)F. The standard InChI is InChI=1S/C15H18F3N5O/c1-9-12(10(2)23(3)22-9)13(15(16,17)18)21-14(24)20-8-11-5-4-6-19-7-11/h4-7,13H,8H2,1-3H3,(H2,20,21,24)/t13-/m1/s1. The highest BCUT2D eigenvalue weighted by molar-refractivity contribution is 5.74. The highest BCUT2D eigenvalue weighted by Gasteiger charge is 2.44. The number of amides is 2. The molecule has 0 aliphatic rings. The Morgan fingerprint density at radius 2 is 2.08 bits per heavy atom. The van der Waals surface area contributed by atoms with Crippen molar-refractivity contribution in [2.75, 3.05) is 0 Å². The van der Waals surface area contributed by atoms with E-state index < -0.39 is 18.2 Å². The van der Waals surface area contributed by atoms with Gasteiger partial charge in [0.1, 0.15) is 0 Å². The molecule has 2 heterocycles. The molecular weight excluding hydrogens is 323 g/mol. The van der Waals surface area contributed by atoms with E-state index in [1.54, 1.807) is 25.4 Å². The van der Waals surface area contributed by atoms with Crippen LogP contribution in [0.3, 0.4) is 0 Å². The summed E-state index contributed by atoms with van der Waals surface area (Å²) in [5.74, 6) is 0. The molecule has 6 nitrogen and oxygen atoms in total. The molecule has 24 heavy (non-hydrogen) atoms. The van der Waals surface area contributed by atoms with E-state index in [-0.39, 0.29) is 17.8 Å². The number of aryl methyl sites for hydroxylation is 2. The molecule has 2 aromatic heterocycles. The van der Waals surface area contributed by atoms with Gasteiger partial charge in [-0.15, -0.1) is 0 Å². The highest BCUT2D eigenvalue weighted by Crippen LogP contribution is 2.35. The van der Waals surface area contributed by atoms with Crippen molar-refractivity contribution in [3.8, 4) is 0 Å². The van der Waals surface area contributed by atoms with Crippen LogP contribution in [0.15, 0.2) is 24.5 Å². The third-order valence-corrected chi connectivity index (χ3v) is 3.63. The molecule has 0 aliphatic carbocycles. The lowest BCUT2D eigenvalue weighted by Crippen LogP contribution is -2.43. The molecule has 0 spiro atoms. The van der Waals surface area contributed by atoms with Gasteiger partial charge in [0, 0.05) is 37.2 Å². The number of hydrogen-bond donors (Lipinski definition) is 2. The predicted octanol–water partition coefficient (Wildman–Crippen LogP) is 2.53. The Labute approximate surface area is 137 Å². The zero-order chi connectivity index (χ0) is 17.9. The zero-order valence-electron chi connectivity index (χ0n) is 13.5. The minimum absolute atomic E-state index is 0.0403. The normalized spacial score (nSPS) is 12.8. The topological polar surface area (TPSA) is 71.8 Å². The summed E-state index contributed by atoms with van der Waals surface area (Å²) in [5, 5.41) is 8.37. The van der Waals surface area contributed by atoms with Gasteiger partial charge in [0.05, 0.1) is 5.69 Å². The van der Waals surface area contributed by atoms with Crippen LogP contribution in [0.5, 0.6) is 0 Å². The second kappa shape index (κ2) is 6.90. The Bertz CT molecular complexity index is 712. The van der Waals surface area contributed by atoms with Crippen LogP contribution in [0.2, 0.25) is 0 Å².